The number of aromatic amines is 1. The Morgan fingerprint density at radius 2 is 1.86 bits per heavy atom. The molecule has 9 heteroatoms. The molecule has 7 heterocycles. The van der Waals surface area contributed by atoms with Crippen LogP contribution in [0, 0.1) is 20.8 Å². The molecule has 7 rings (SSSR count). The van der Waals surface area contributed by atoms with Crippen molar-refractivity contribution in [2.24, 2.45) is 0 Å². The van der Waals surface area contributed by atoms with Gasteiger partial charge in [0.25, 0.3) is 0 Å². The molecule has 2 unspecified atom stereocenters. The summed E-state index contributed by atoms with van der Waals surface area (Å²) >= 11 is 0. The summed E-state index contributed by atoms with van der Waals surface area (Å²) in [4.78, 5) is 23.4. The van der Waals surface area contributed by atoms with Crippen molar-refractivity contribution in [3.05, 3.63) is 71.4 Å². The molecule has 3 aliphatic heterocycles. The summed E-state index contributed by atoms with van der Waals surface area (Å²) in [5.74, 6) is 3.11. The third kappa shape index (κ3) is 4.35. The number of piperidine rings is 1. The maximum Gasteiger partial charge on any atom is 0.163 e. The molecule has 2 bridgehead atoms. The van der Waals surface area contributed by atoms with Crippen LogP contribution in [0.1, 0.15) is 28.9 Å². The van der Waals surface area contributed by atoms with Crippen molar-refractivity contribution >= 4 is 17.5 Å². The molecule has 2 atom stereocenters. The van der Waals surface area contributed by atoms with Gasteiger partial charge in [-0.15, -0.1) is 0 Å². The van der Waals surface area contributed by atoms with E-state index in [1.807, 2.05) is 44.6 Å². The van der Waals surface area contributed by atoms with E-state index in [9.17, 15) is 0 Å². The number of rotatable bonds is 6. The van der Waals surface area contributed by atoms with Gasteiger partial charge in [0.1, 0.15) is 11.6 Å². The lowest BCUT2D eigenvalue weighted by atomic mass is 9.86. The summed E-state index contributed by atoms with van der Waals surface area (Å²) in [5.41, 5.74) is 5.41. The minimum Gasteiger partial charge on any atom is -0.353 e. The Labute approximate surface area is 204 Å². The van der Waals surface area contributed by atoms with E-state index in [4.69, 9.17) is 4.98 Å². The van der Waals surface area contributed by atoms with Crippen LogP contribution in [0.3, 0.4) is 0 Å². The normalized spacial score (nSPS) is 19.5. The zero-order valence-electron chi connectivity index (χ0n) is 20.2. The smallest absolute Gasteiger partial charge is 0.163 e. The summed E-state index contributed by atoms with van der Waals surface area (Å²) in [6.07, 6.45) is 7.01. The fourth-order valence-electron chi connectivity index (χ4n) is 5.07. The lowest BCUT2D eigenvalue weighted by Crippen LogP contribution is -2.68. The Morgan fingerprint density at radius 3 is 2.57 bits per heavy atom. The number of aromatic nitrogens is 6. The highest BCUT2D eigenvalue weighted by Crippen LogP contribution is 2.36. The van der Waals surface area contributed by atoms with Crippen LogP contribution in [0.2, 0.25) is 0 Å². The van der Waals surface area contributed by atoms with Gasteiger partial charge in [-0.2, -0.15) is 5.10 Å². The quantitative estimate of drug-likeness (QED) is 0.442. The maximum absolute atomic E-state index is 4.78. The van der Waals surface area contributed by atoms with Crippen LogP contribution < -0.4 is 10.2 Å². The first-order valence-electron chi connectivity index (χ1n) is 12.0. The molecule has 4 aromatic rings. The Morgan fingerprint density at radius 1 is 1.00 bits per heavy atom. The molecule has 3 fully saturated rings. The van der Waals surface area contributed by atoms with Gasteiger partial charge in [-0.3, -0.25) is 15.0 Å². The first-order chi connectivity index (χ1) is 17.0. The standard InChI is InChI=1S/C26H29N9/c1-16-6-7-27-11-20(16)13-35-21-10-22(35)15-34(14-21)25-5-4-19(12-28-25)26-29-17(2)8-23(31-26)30-24-9-18(3)32-33-24/h4-9,11-12,21-22H,10,13-15H2,1-3H3,(H2,29,30,31,32,33). The van der Waals surface area contributed by atoms with Gasteiger partial charge in [0, 0.05) is 79.4 Å². The molecular weight excluding hydrogens is 438 g/mol. The molecule has 178 valence electrons. The van der Waals surface area contributed by atoms with Gasteiger partial charge >= 0.3 is 0 Å². The highest BCUT2D eigenvalue weighted by molar-refractivity contribution is 5.61. The summed E-state index contributed by atoms with van der Waals surface area (Å²) in [7, 11) is 0. The molecule has 3 saturated heterocycles. The van der Waals surface area contributed by atoms with E-state index in [0.29, 0.717) is 23.7 Å². The second kappa shape index (κ2) is 8.74. The Kier molecular flexibility index (Phi) is 5.41. The van der Waals surface area contributed by atoms with Crippen molar-refractivity contribution in [1.82, 2.24) is 35.0 Å². The first kappa shape index (κ1) is 21.7. The molecule has 9 nitrogen and oxygen atoms in total. The van der Waals surface area contributed by atoms with Gasteiger partial charge in [0.2, 0.25) is 0 Å². The van der Waals surface area contributed by atoms with Crippen molar-refractivity contribution in [1.29, 1.82) is 0 Å². The van der Waals surface area contributed by atoms with E-state index in [-0.39, 0.29) is 0 Å². The number of aryl methyl sites for hydroxylation is 3. The highest BCUT2D eigenvalue weighted by atomic mass is 15.4. The van der Waals surface area contributed by atoms with Crippen LogP contribution in [0.25, 0.3) is 11.4 Å². The molecule has 0 amide bonds. The molecule has 35 heavy (non-hydrogen) atoms. The molecule has 0 radical (unpaired) electrons. The van der Waals surface area contributed by atoms with Crippen molar-refractivity contribution in [3.8, 4) is 11.4 Å². The van der Waals surface area contributed by atoms with E-state index in [0.717, 1.165) is 48.2 Å². The molecule has 0 spiro atoms. The summed E-state index contributed by atoms with van der Waals surface area (Å²) in [6.45, 7) is 9.08. The van der Waals surface area contributed by atoms with Crippen LogP contribution >= 0.6 is 0 Å². The summed E-state index contributed by atoms with van der Waals surface area (Å²) < 4.78 is 0. The van der Waals surface area contributed by atoms with Gasteiger partial charge in [-0.25, -0.2) is 15.0 Å². The third-order valence-electron chi connectivity index (χ3n) is 6.99. The van der Waals surface area contributed by atoms with Crippen molar-refractivity contribution in [2.45, 2.75) is 45.8 Å². The number of H-pyrrole nitrogens is 1. The molecule has 2 N–H and O–H groups in total. The molecular formula is C26H29N9. The lowest BCUT2D eigenvalue weighted by Gasteiger charge is -2.56. The van der Waals surface area contributed by atoms with Gasteiger partial charge in [-0.05, 0) is 56.5 Å². The lowest BCUT2D eigenvalue weighted by molar-refractivity contribution is -0.00889. The van der Waals surface area contributed by atoms with Gasteiger partial charge < -0.3 is 10.2 Å². The zero-order valence-corrected chi connectivity index (χ0v) is 20.2. The number of anilines is 3. The maximum atomic E-state index is 4.78. The monoisotopic (exact) mass is 467 g/mol. The number of hydrogen-bond donors (Lipinski definition) is 2. The minimum atomic E-state index is 0.564. The Bertz CT molecular complexity index is 1340. The Balaban J connectivity index is 1.14. The summed E-state index contributed by atoms with van der Waals surface area (Å²) in [6, 6.07) is 11.2. The minimum absolute atomic E-state index is 0.564. The average molecular weight is 468 g/mol. The van der Waals surface area contributed by atoms with Crippen LogP contribution in [0.5, 0.6) is 0 Å². The van der Waals surface area contributed by atoms with Crippen LogP contribution in [0.4, 0.5) is 17.5 Å². The van der Waals surface area contributed by atoms with Crippen LogP contribution in [-0.4, -0.2) is 60.2 Å². The van der Waals surface area contributed by atoms with E-state index in [1.165, 1.54) is 17.5 Å². The molecule has 0 aromatic carbocycles. The largest absolute Gasteiger partial charge is 0.353 e. The first-order valence-corrected chi connectivity index (χ1v) is 12.0. The topological polar surface area (TPSA) is 98.8 Å². The van der Waals surface area contributed by atoms with Gasteiger partial charge in [-0.1, -0.05) is 0 Å². The van der Waals surface area contributed by atoms with Crippen molar-refractivity contribution < 1.29 is 0 Å². The van der Waals surface area contributed by atoms with Gasteiger partial charge in [0.05, 0.1) is 0 Å². The number of nitrogens with zero attached hydrogens (tertiary/aromatic N) is 7. The fraction of sp³-hybridized carbons (Fsp3) is 0.346. The number of pyridine rings is 2. The number of nitrogens with one attached hydrogen (secondary N) is 2. The van der Waals surface area contributed by atoms with Crippen LogP contribution in [0.15, 0.2) is 48.9 Å². The second-order valence-corrected chi connectivity index (χ2v) is 9.61. The third-order valence-corrected chi connectivity index (χ3v) is 6.99. The molecule has 0 saturated carbocycles. The number of piperazine rings is 1. The van der Waals surface area contributed by atoms with E-state index >= 15 is 0 Å². The van der Waals surface area contributed by atoms with Crippen molar-refractivity contribution in [2.75, 3.05) is 23.3 Å². The predicted octanol–water partition coefficient (Wildman–Crippen LogP) is 3.79. The highest BCUT2D eigenvalue weighted by Gasteiger charge is 2.44. The summed E-state index contributed by atoms with van der Waals surface area (Å²) in [5, 5.41) is 10.4. The zero-order chi connectivity index (χ0) is 23.9. The predicted molar refractivity (Wildman–Crippen MR) is 136 cm³/mol. The average Bonchev–Trinajstić information content (AvgIpc) is 3.27. The molecule has 4 aromatic heterocycles. The van der Waals surface area contributed by atoms with Crippen molar-refractivity contribution in [3.63, 3.8) is 0 Å². The van der Waals surface area contributed by atoms with E-state index in [1.54, 1.807) is 0 Å². The van der Waals surface area contributed by atoms with E-state index < -0.39 is 0 Å². The fourth-order valence-corrected chi connectivity index (χ4v) is 5.07. The number of hydrogen-bond acceptors (Lipinski definition) is 8. The van der Waals surface area contributed by atoms with Gasteiger partial charge in [0.15, 0.2) is 11.6 Å². The SMILES string of the molecule is Cc1cc(Nc2cc(C)[nH]n2)nc(-c2ccc(N3CC4CC(C3)N4Cc3cnccc3C)nc2)n1. The number of fused-ring (bicyclic) bond motifs is 2. The van der Waals surface area contributed by atoms with E-state index in [2.05, 4.69) is 65.4 Å². The second-order valence-electron chi connectivity index (χ2n) is 9.61. The molecule has 0 aliphatic carbocycles. The molecule has 3 aliphatic rings. The van der Waals surface area contributed by atoms with Crippen LogP contribution in [-0.2, 0) is 6.54 Å². The Hall–Kier alpha value is -3.85.